The molecule has 2 nitrogen and oxygen atoms in total. The van der Waals surface area contributed by atoms with Crippen molar-refractivity contribution in [1.82, 2.24) is 9.13 Å². The summed E-state index contributed by atoms with van der Waals surface area (Å²) in [5.41, 5.74) is 19.9. The molecule has 2 heteroatoms. The van der Waals surface area contributed by atoms with E-state index in [2.05, 4.69) is 241 Å². The third-order valence-electron chi connectivity index (χ3n) is 13.9. The van der Waals surface area contributed by atoms with Gasteiger partial charge >= 0.3 is 0 Å². The zero-order valence-electron chi connectivity index (χ0n) is 35.2. The molecule has 0 saturated carbocycles. The Hall–Kier alpha value is -7.94. The second kappa shape index (κ2) is 13.5. The Morgan fingerprint density at radius 2 is 0.778 bits per heavy atom. The number of para-hydroxylation sites is 2. The van der Waals surface area contributed by atoms with Crippen LogP contribution in [0, 0.1) is 0 Å². The summed E-state index contributed by atoms with van der Waals surface area (Å²) in [6, 6.07) is 80.9. The minimum atomic E-state index is -0.0599. The zero-order valence-corrected chi connectivity index (χ0v) is 35.2. The van der Waals surface area contributed by atoms with Crippen molar-refractivity contribution < 1.29 is 0 Å². The predicted molar refractivity (Wildman–Crippen MR) is 266 cm³/mol. The molecule has 0 bridgehead atoms. The van der Waals surface area contributed by atoms with E-state index in [0.717, 1.165) is 5.69 Å². The number of hydrogen-bond acceptors (Lipinski definition) is 0. The fourth-order valence-corrected chi connectivity index (χ4v) is 10.7. The van der Waals surface area contributed by atoms with Crippen molar-refractivity contribution in [2.24, 2.45) is 0 Å². The summed E-state index contributed by atoms with van der Waals surface area (Å²) in [6.45, 7) is 4.71. The normalized spacial score (nSPS) is 13.0. The first-order valence-corrected chi connectivity index (χ1v) is 22.0. The molecule has 0 amide bonds. The van der Waals surface area contributed by atoms with Gasteiger partial charge in [0.2, 0.25) is 0 Å². The number of hydrogen-bond donors (Lipinski definition) is 0. The molecule has 2 aromatic heterocycles. The van der Waals surface area contributed by atoms with E-state index in [1.165, 1.54) is 116 Å². The second-order valence-electron chi connectivity index (χ2n) is 17.8. The van der Waals surface area contributed by atoms with Crippen LogP contribution in [-0.2, 0) is 5.41 Å². The van der Waals surface area contributed by atoms with Crippen LogP contribution in [0.3, 0.4) is 0 Å². The van der Waals surface area contributed by atoms with E-state index in [9.17, 15) is 0 Å². The summed E-state index contributed by atoms with van der Waals surface area (Å²) in [4.78, 5) is 0. The highest BCUT2D eigenvalue weighted by Gasteiger charge is 2.35. The van der Waals surface area contributed by atoms with Crippen LogP contribution >= 0.6 is 0 Å². The van der Waals surface area contributed by atoms with E-state index < -0.39 is 0 Å². The maximum Gasteiger partial charge on any atom is 0.0547 e. The fraction of sp³-hybridized carbons (Fsp3) is 0.0492. The van der Waals surface area contributed by atoms with Crippen molar-refractivity contribution in [3.05, 3.63) is 230 Å². The van der Waals surface area contributed by atoms with Crippen molar-refractivity contribution in [3.63, 3.8) is 0 Å². The van der Waals surface area contributed by atoms with Crippen molar-refractivity contribution >= 4 is 54.4 Å². The molecule has 0 N–H and O–H groups in total. The van der Waals surface area contributed by atoms with Gasteiger partial charge in [-0.05, 0) is 127 Å². The van der Waals surface area contributed by atoms with Crippen LogP contribution in [0.25, 0.3) is 110 Å². The van der Waals surface area contributed by atoms with Crippen molar-refractivity contribution in [1.29, 1.82) is 0 Å². The van der Waals surface area contributed by atoms with Crippen LogP contribution in [0.4, 0.5) is 0 Å². The Bertz CT molecular complexity index is 3800. The second-order valence-corrected chi connectivity index (χ2v) is 17.8. The highest BCUT2D eigenvalue weighted by atomic mass is 15.0. The molecule has 0 unspecified atom stereocenters. The lowest BCUT2D eigenvalue weighted by atomic mass is 9.82. The number of fused-ring (bicyclic) bond motifs is 10. The molecule has 0 spiro atoms. The monoisotopic (exact) mass is 802 g/mol. The highest BCUT2D eigenvalue weighted by molar-refractivity contribution is 6.12. The van der Waals surface area contributed by atoms with E-state index in [0.29, 0.717) is 0 Å². The molecule has 0 atom stereocenters. The van der Waals surface area contributed by atoms with E-state index in [1.54, 1.807) is 0 Å². The van der Waals surface area contributed by atoms with Gasteiger partial charge < -0.3 is 9.13 Å². The molecule has 63 heavy (non-hydrogen) atoms. The zero-order chi connectivity index (χ0) is 41.8. The molecular formula is C61H42N2. The third kappa shape index (κ3) is 5.44. The fourth-order valence-electron chi connectivity index (χ4n) is 10.7. The van der Waals surface area contributed by atoms with Crippen LogP contribution < -0.4 is 0 Å². The molecule has 0 saturated heterocycles. The first kappa shape index (κ1) is 35.8. The van der Waals surface area contributed by atoms with Crippen LogP contribution in [0.5, 0.6) is 0 Å². The summed E-state index contributed by atoms with van der Waals surface area (Å²) < 4.78 is 4.88. The maximum absolute atomic E-state index is 2.45. The molecule has 2 heterocycles. The van der Waals surface area contributed by atoms with Gasteiger partial charge in [0.1, 0.15) is 0 Å². The molecule has 0 radical (unpaired) electrons. The Morgan fingerprint density at radius 3 is 1.57 bits per heavy atom. The lowest BCUT2D eigenvalue weighted by molar-refractivity contribution is 0.660. The molecule has 12 aromatic rings. The molecule has 1 aliphatic carbocycles. The molecule has 13 rings (SSSR count). The van der Waals surface area contributed by atoms with Crippen LogP contribution in [0.1, 0.15) is 25.0 Å². The molecule has 0 fully saturated rings. The average molecular weight is 803 g/mol. The first-order valence-electron chi connectivity index (χ1n) is 22.0. The minimum Gasteiger partial charge on any atom is -0.309 e. The van der Waals surface area contributed by atoms with Gasteiger partial charge in [-0.2, -0.15) is 0 Å². The van der Waals surface area contributed by atoms with E-state index in [-0.39, 0.29) is 5.41 Å². The number of aromatic nitrogens is 2. The molecule has 10 aromatic carbocycles. The number of nitrogens with zero attached hydrogens (tertiary/aromatic N) is 2. The Balaban J connectivity index is 0.866. The van der Waals surface area contributed by atoms with Gasteiger partial charge in [-0.1, -0.05) is 172 Å². The smallest absolute Gasteiger partial charge is 0.0547 e. The van der Waals surface area contributed by atoms with Gasteiger partial charge in [-0.25, -0.2) is 0 Å². The lowest BCUT2D eigenvalue weighted by Gasteiger charge is -2.22. The van der Waals surface area contributed by atoms with Gasteiger partial charge in [-0.3, -0.25) is 0 Å². The Morgan fingerprint density at radius 1 is 0.286 bits per heavy atom. The van der Waals surface area contributed by atoms with Gasteiger partial charge in [-0.15, -0.1) is 0 Å². The minimum absolute atomic E-state index is 0.0599. The van der Waals surface area contributed by atoms with Crippen molar-refractivity contribution in [3.8, 4) is 55.9 Å². The highest BCUT2D eigenvalue weighted by Crippen LogP contribution is 2.49. The summed E-state index contributed by atoms with van der Waals surface area (Å²) >= 11 is 0. The molecule has 0 aliphatic heterocycles. The van der Waals surface area contributed by atoms with Crippen LogP contribution in [0.2, 0.25) is 0 Å². The summed E-state index contributed by atoms with van der Waals surface area (Å²) in [5.74, 6) is 0. The van der Waals surface area contributed by atoms with E-state index in [4.69, 9.17) is 0 Å². The summed E-state index contributed by atoms with van der Waals surface area (Å²) in [6.07, 6.45) is 0. The topological polar surface area (TPSA) is 9.86 Å². The summed E-state index contributed by atoms with van der Waals surface area (Å²) in [7, 11) is 0. The van der Waals surface area contributed by atoms with Crippen molar-refractivity contribution in [2.75, 3.05) is 0 Å². The summed E-state index contributed by atoms with van der Waals surface area (Å²) in [5, 5.41) is 7.51. The predicted octanol–water partition coefficient (Wildman–Crippen LogP) is 16.3. The number of rotatable bonds is 5. The van der Waals surface area contributed by atoms with Gasteiger partial charge in [0.15, 0.2) is 0 Å². The largest absolute Gasteiger partial charge is 0.309 e. The third-order valence-corrected chi connectivity index (χ3v) is 13.9. The van der Waals surface area contributed by atoms with Crippen LogP contribution in [0.15, 0.2) is 218 Å². The Kier molecular flexibility index (Phi) is 7.68. The van der Waals surface area contributed by atoms with Gasteiger partial charge in [0, 0.05) is 38.3 Å². The SMILES string of the molecule is CC1(C)c2ccccc2-c2ccc(-n3c4ccccc4c4cc(-c5ccc(-c6ccc7c8ccccc8n(-c8ccc9cc(-c%10ccccc%10)ccc9c8)c7c6)cc5)ccc43)cc21. The number of benzene rings is 10. The quantitative estimate of drug-likeness (QED) is 0.164. The van der Waals surface area contributed by atoms with E-state index in [1.807, 2.05) is 0 Å². The lowest BCUT2D eigenvalue weighted by Crippen LogP contribution is -2.15. The standard InChI is InChI=1S/C61H42N2/c1-61(2)55-17-9-6-14-49(55)50-32-30-48(38-56(50)61)62-58-19-11-8-16-52(58)54-36-45(28-33-59(54)62)40-20-22-41(23-21-40)46-27-31-53-51-15-7-10-18-57(51)63(60(53)37-46)47-29-26-43-34-42(24-25-44(43)35-47)39-12-4-3-5-13-39/h3-38H,1-2H3. The molecule has 1 aliphatic rings. The average Bonchev–Trinajstić information content (AvgIpc) is 3.93. The molecule has 296 valence electrons. The van der Waals surface area contributed by atoms with Crippen molar-refractivity contribution in [2.45, 2.75) is 19.3 Å². The Labute approximate surface area is 366 Å². The van der Waals surface area contributed by atoms with E-state index >= 15 is 0 Å². The van der Waals surface area contributed by atoms with Gasteiger partial charge in [0.25, 0.3) is 0 Å². The van der Waals surface area contributed by atoms with Crippen LogP contribution in [-0.4, -0.2) is 9.13 Å². The molecular weight excluding hydrogens is 761 g/mol. The van der Waals surface area contributed by atoms with Gasteiger partial charge in [0.05, 0.1) is 22.1 Å². The maximum atomic E-state index is 2.45. The first-order chi connectivity index (χ1) is 31.0.